The lowest BCUT2D eigenvalue weighted by Gasteiger charge is -2.24. The highest BCUT2D eigenvalue weighted by atomic mass is 16.5. The summed E-state index contributed by atoms with van der Waals surface area (Å²) in [5.74, 6) is -0.485. The van der Waals surface area contributed by atoms with Crippen LogP contribution in [0.15, 0.2) is 36.5 Å². The van der Waals surface area contributed by atoms with Crippen molar-refractivity contribution in [1.29, 1.82) is 0 Å². The van der Waals surface area contributed by atoms with Crippen LogP contribution in [0.2, 0.25) is 0 Å². The van der Waals surface area contributed by atoms with Crippen molar-refractivity contribution in [2.75, 3.05) is 6.61 Å². The Labute approximate surface area is 366 Å². The molecule has 346 valence electrons. The van der Waals surface area contributed by atoms with E-state index < -0.39 is 18.2 Å². The van der Waals surface area contributed by atoms with Gasteiger partial charge in [0.1, 0.15) is 6.10 Å². The van der Waals surface area contributed by atoms with Gasteiger partial charge in [0.15, 0.2) is 0 Å². The lowest BCUT2D eigenvalue weighted by Crippen LogP contribution is -2.46. The van der Waals surface area contributed by atoms with E-state index in [1.165, 1.54) is 148 Å². The number of hydrogen-bond acceptors (Lipinski definition) is 5. The zero-order valence-electron chi connectivity index (χ0n) is 39.4. The second kappa shape index (κ2) is 47.1. The second-order valence-corrected chi connectivity index (χ2v) is 17.6. The molecule has 0 saturated carbocycles. The Kier molecular flexibility index (Phi) is 45.6. The number of amides is 1. The van der Waals surface area contributed by atoms with E-state index in [1.807, 2.05) is 0 Å². The lowest BCUT2D eigenvalue weighted by molar-refractivity contribution is -0.151. The van der Waals surface area contributed by atoms with Crippen molar-refractivity contribution in [3.63, 3.8) is 0 Å². The molecule has 1 amide bonds. The van der Waals surface area contributed by atoms with Crippen LogP contribution >= 0.6 is 0 Å². The molecule has 0 aromatic rings. The van der Waals surface area contributed by atoms with Crippen LogP contribution in [0.1, 0.15) is 265 Å². The van der Waals surface area contributed by atoms with Gasteiger partial charge in [-0.05, 0) is 64.2 Å². The number of rotatable bonds is 46. The standard InChI is InChI=1S/C53H99NO5/c1-4-7-10-13-16-18-20-22-24-25-26-27-28-30-32-34-37-40-43-46-53(58)59-49(44-41-38-35-15-12-9-6-3)47-52(57)54-50(48-55)51(56)45-42-39-36-33-31-29-23-21-19-17-14-11-8-5-2/h16,18,22,24,26-27,49-51,55-56H,4-15,17,19-21,23,25,28-48H2,1-3H3,(H,54,57)/b18-16-,24-22-,27-26-. The Morgan fingerprint density at radius 3 is 1.34 bits per heavy atom. The van der Waals surface area contributed by atoms with Gasteiger partial charge >= 0.3 is 5.97 Å². The Morgan fingerprint density at radius 2 is 0.864 bits per heavy atom. The van der Waals surface area contributed by atoms with Crippen LogP contribution in [0, 0.1) is 0 Å². The van der Waals surface area contributed by atoms with Gasteiger partial charge in [0.2, 0.25) is 5.91 Å². The first-order chi connectivity index (χ1) is 29.0. The molecular weight excluding hydrogens is 731 g/mol. The highest BCUT2D eigenvalue weighted by molar-refractivity contribution is 5.77. The third kappa shape index (κ3) is 42.6. The third-order valence-corrected chi connectivity index (χ3v) is 11.7. The Bertz CT molecular complexity index is 977. The zero-order chi connectivity index (χ0) is 43.1. The topological polar surface area (TPSA) is 95.9 Å². The van der Waals surface area contributed by atoms with Crippen LogP contribution in [0.3, 0.4) is 0 Å². The number of nitrogens with one attached hydrogen (secondary N) is 1. The normalized spacial score (nSPS) is 13.5. The summed E-state index contributed by atoms with van der Waals surface area (Å²) in [6.45, 7) is 6.43. The molecule has 6 nitrogen and oxygen atoms in total. The number of allylic oxidation sites excluding steroid dienone is 6. The molecule has 0 radical (unpaired) electrons. The van der Waals surface area contributed by atoms with Gasteiger partial charge < -0.3 is 20.3 Å². The van der Waals surface area contributed by atoms with Crippen LogP contribution in [-0.4, -0.2) is 46.9 Å². The quantitative estimate of drug-likeness (QED) is 0.0323. The van der Waals surface area contributed by atoms with Crippen LogP contribution in [0.5, 0.6) is 0 Å². The number of esters is 1. The monoisotopic (exact) mass is 830 g/mol. The Hall–Kier alpha value is -1.92. The van der Waals surface area contributed by atoms with E-state index in [2.05, 4.69) is 62.5 Å². The van der Waals surface area contributed by atoms with Crippen molar-refractivity contribution in [3.05, 3.63) is 36.5 Å². The average Bonchev–Trinajstić information content (AvgIpc) is 3.23. The maximum Gasteiger partial charge on any atom is 0.306 e. The fourth-order valence-corrected chi connectivity index (χ4v) is 7.79. The predicted molar refractivity (Wildman–Crippen MR) is 255 cm³/mol. The predicted octanol–water partition coefficient (Wildman–Crippen LogP) is 15.3. The number of unbranched alkanes of at least 4 members (excludes halogenated alkanes) is 28. The van der Waals surface area contributed by atoms with Crippen LogP contribution in [0.4, 0.5) is 0 Å². The van der Waals surface area contributed by atoms with E-state index >= 15 is 0 Å². The van der Waals surface area contributed by atoms with E-state index in [9.17, 15) is 19.8 Å². The van der Waals surface area contributed by atoms with Crippen molar-refractivity contribution in [1.82, 2.24) is 5.32 Å². The summed E-state index contributed by atoms with van der Waals surface area (Å²) in [5, 5.41) is 23.7. The maximum atomic E-state index is 13.1. The van der Waals surface area contributed by atoms with Gasteiger partial charge in [0.25, 0.3) is 0 Å². The average molecular weight is 830 g/mol. The van der Waals surface area contributed by atoms with E-state index in [4.69, 9.17) is 4.74 Å². The summed E-state index contributed by atoms with van der Waals surface area (Å²) in [6, 6.07) is -0.699. The fourth-order valence-electron chi connectivity index (χ4n) is 7.79. The molecule has 0 fully saturated rings. The smallest absolute Gasteiger partial charge is 0.306 e. The minimum Gasteiger partial charge on any atom is -0.462 e. The number of hydrogen-bond donors (Lipinski definition) is 3. The van der Waals surface area contributed by atoms with Gasteiger partial charge in [-0.2, -0.15) is 0 Å². The minimum absolute atomic E-state index is 0.0743. The highest BCUT2D eigenvalue weighted by Crippen LogP contribution is 2.18. The first-order valence-electron chi connectivity index (χ1n) is 25.7. The zero-order valence-corrected chi connectivity index (χ0v) is 39.4. The number of carbonyl (C=O) groups excluding carboxylic acids is 2. The van der Waals surface area contributed by atoms with Crippen molar-refractivity contribution < 1.29 is 24.5 Å². The van der Waals surface area contributed by atoms with Crippen molar-refractivity contribution in [2.24, 2.45) is 0 Å². The molecule has 3 atom stereocenters. The van der Waals surface area contributed by atoms with E-state index in [0.29, 0.717) is 19.3 Å². The van der Waals surface area contributed by atoms with Gasteiger partial charge in [-0.25, -0.2) is 0 Å². The molecule has 0 rings (SSSR count). The lowest BCUT2D eigenvalue weighted by atomic mass is 10.0. The number of ether oxygens (including phenoxy) is 1. The molecule has 0 saturated heterocycles. The van der Waals surface area contributed by atoms with E-state index in [0.717, 1.165) is 70.6 Å². The molecule has 0 aliphatic rings. The summed E-state index contributed by atoms with van der Waals surface area (Å²) in [4.78, 5) is 26.0. The van der Waals surface area contributed by atoms with Gasteiger partial charge in [0, 0.05) is 6.42 Å². The van der Waals surface area contributed by atoms with Crippen molar-refractivity contribution >= 4 is 11.9 Å². The summed E-state index contributed by atoms with van der Waals surface area (Å²) in [5.41, 5.74) is 0. The Morgan fingerprint density at radius 1 is 0.492 bits per heavy atom. The number of aliphatic hydroxyl groups is 2. The molecule has 3 N–H and O–H groups in total. The molecule has 0 spiro atoms. The molecule has 0 heterocycles. The summed E-state index contributed by atoms with van der Waals surface area (Å²) in [7, 11) is 0. The highest BCUT2D eigenvalue weighted by Gasteiger charge is 2.24. The van der Waals surface area contributed by atoms with Gasteiger partial charge in [0.05, 0.1) is 25.2 Å². The molecular formula is C53H99NO5. The summed E-state index contributed by atoms with van der Waals surface area (Å²) >= 11 is 0. The molecule has 0 aromatic carbocycles. The van der Waals surface area contributed by atoms with Crippen LogP contribution < -0.4 is 5.32 Å². The molecule has 6 heteroatoms. The summed E-state index contributed by atoms with van der Waals surface area (Å²) < 4.78 is 5.90. The maximum absolute atomic E-state index is 13.1. The molecule has 0 aliphatic heterocycles. The van der Waals surface area contributed by atoms with E-state index in [1.54, 1.807) is 0 Å². The Balaban J connectivity index is 4.36. The minimum atomic E-state index is -0.785. The third-order valence-electron chi connectivity index (χ3n) is 11.7. The van der Waals surface area contributed by atoms with E-state index in [-0.39, 0.29) is 24.9 Å². The largest absolute Gasteiger partial charge is 0.462 e. The summed E-state index contributed by atoms with van der Waals surface area (Å²) in [6.07, 6.45) is 55.0. The van der Waals surface area contributed by atoms with Gasteiger partial charge in [-0.15, -0.1) is 0 Å². The van der Waals surface area contributed by atoms with Gasteiger partial charge in [-0.3, -0.25) is 9.59 Å². The number of carbonyl (C=O) groups is 2. The molecule has 59 heavy (non-hydrogen) atoms. The molecule has 0 bridgehead atoms. The first kappa shape index (κ1) is 57.1. The first-order valence-corrected chi connectivity index (χ1v) is 25.7. The van der Waals surface area contributed by atoms with Gasteiger partial charge in [-0.1, -0.05) is 224 Å². The molecule has 3 unspecified atom stereocenters. The number of aliphatic hydroxyl groups excluding tert-OH is 2. The van der Waals surface area contributed by atoms with Crippen LogP contribution in [-0.2, 0) is 14.3 Å². The van der Waals surface area contributed by atoms with Crippen molar-refractivity contribution in [2.45, 2.75) is 283 Å². The van der Waals surface area contributed by atoms with Crippen molar-refractivity contribution in [3.8, 4) is 0 Å². The second-order valence-electron chi connectivity index (χ2n) is 17.6. The molecule has 0 aliphatic carbocycles. The van der Waals surface area contributed by atoms with Crippen LogP contribution in [0.25, 0.3) is 0 Å². The fraction of sp³-hybridized carbons (Fsp3) is 0.849. The molecule has 0 aromatic heterocycles. The SMILES string of the molecule is CCCCC/C=C\C/C=C\C/C=C\CCCCCCCCC(=O)OC(CCCCCCCCC)CC(=O)NC(CO)C(O)CCCCCCCCCCCCCCCC.